The summed E-state index contributed by atoms with van der Waals surface area (Å²) in [6.45, 7) is 5.37. The third-order valence-electron chi connectivity index (χ3n) is 3.33. The van der Waals surface area contributed by atoms with E-state index in [9.17, 15) is 0 Å². The first kappa shape index (κ1) is 14.3. The summed E-state index contributed by atoms with van der Waals surface area (Å²) >= 11 is 3.63. The number of halogens is 1. The van der Waals surface area contributed by atoms with Crippen LogP contribution in [0, 0.1) is 0 Å². The molecule has 0 amide bonds. The van der Waals surface area contributed by atoms with Crippen LogP contribution in [0.3, 0.4) is 0 Å². The lowest BCUT2D eigenvalue weighted by atomic mass is 9.98. The van der Waals surface area contributed by atoms with Crippen LogP contribution in [0.25, 0.3) is 11.1 Å². The summed E-state index contributed by atoms with van der Waals surface area (Å²) in [6.07, 6.45) is 1.10. The van der Waals surface area contributed by atoms with Crippen molar-refractivity contribution in [1.82, 2.24) is 5.32 Å². The highest BCUT2D eigenvalue weighted by atomic mass is 79.9. The van der Waals surface area contributed by atoms with Crippen molar-refractivity contribution in [2.24, 2.45) is 0 Å². The molecule has 0 heterocycles. The minimum atomic E-state index is 0.437. The molecule has 100 valence electrons. The summed E-state index contributed by atoms with van der Waals surface area (Å²) in [5, 5.41) is 3.53. The highest BCUT2D eigenvalue weighted by molar-refractivity contribution is 9.10. The lowest BCUT2D eigenvalue weighted by molar-refractivity contribution is 0.537. The summed E-state index contributed by atoms with van der Waals surface area (Å²) in [4.78, 5) is 0. The summed E-state index contributed by atoms with van der Waals surface area (Å²) in [6, 6.07) is 17.6. The Morgan fingerprint density at radius 3 is 2.53 bits per heavy atom. The van der Waals surface area contributed by atoms with Gasteiger partial charge in [-0.15, -0.1) is 0 Å². The Hall–Kier alpha value is -1.12. The van der Waals surface area contributed by atoms with Gasteiger partial charge in [-0.25, -0.2) is 0 Å². The molecule has 19 heavy (non-hydrogen) atoms. The Morgan fingerprint density at radius 1 is 1.05 bits per heavy atom. The van der Waals surface area contributed by atoms with E-state index in [1.807, 2.05) is 6.07 Å². The van der Waals surface area contributed by atoms with Crippen molar-refractivity contribution in [2.45, 2.75) is 26.3 Å². The average molecular weight is 318 g/mol. The third kappa shape index (κ3) is 3.46. The largest absolute Gasteiger partial charge is 0.310 e. The molecule has 2 aromatic carbocycles. The molecule has 0 aliphatic carbocycles. The van der Waals surface area contributed by atoms with E-state index in [1.165, 1.54) is 16.7 Å². The van der Waals surface area contributed by atoms with Gasteiger partial charge < -0.3 is 5.32 Å². The Balaban J connectivity index is 2.36. The van der Waals surface area contributed by atoms with Crippen LogP contribution in [-0.2, 0) is 0 Å². The van der Waals surface area contributed by atoms with Crippen molar-refractivity contribution in [1.29, 1.82) is 0 Å². The second kappa shape index (κ2) is 6.88. The Kier molecular flexibility index (Phi) is 5.17. The number of hydrogen-bond donors (Lipinski definition) is 1. The van der Waals surface area contributed by atoms with Crippen LogP contribution in [0.4, 0.5) is 0 Å². The van der Waals surface area contributed by atoms with Gasteiger partial charge in [-0.3, -0.25) is 0 Å². The van der Waals surface area contributed by atoms with Crippen LogP contribution in [0.1, 0.15) is 31.9 Å². The highest BCUT2D eigenvalue weighted by Crippen LogP contribution is 2.30. The number of rotatable bonds is 5. The predicted octanol–water partition coefficient (Wildman–Crippen LogP) is 5.18. The van der Waals surface area contributed by atoms with E-state index in [0.29, 0.717) is 6.04 Å². The first-order valence-electron chi connectivity index (χ1n) is 6.84. The molecular weight excluding hydrogens is 298 g/mol. The molecule has 1 atom stereocenters. The second-order valence-corrected chi connectivity index (χ2v) is 5.48. The molecule has 2 rings (SSSR count). The third-order valence-corrected chi connectivity index (χ3v) is 4.02. The van der Waals surface area contributed by atoms with Gasteiger partial charge in [0.2, 0.25) is 0 Å². The van der Waals surface area contributed by atoms with Gasteiger partial charge in [0.05, 0.1) is 0 Å². The summed E-state index contributed by atoms with van der Waals surface area (Å²) in [5.74, 6) is 0. The lowest BCUT2D eigenvalue weighted by Gasteiger charge is -2.17. The standard InChI is InChI=1S/C17H20BrN/c1-3-17(19-4-2)14-9-7-8-13(12-14)15-10-5-6-11-16(15)18/h5-12,17,19H,3-4H2,1-2H3. The summed E-state index contributed by atoms with van der Waals surface area (Å²) < 4.78 is 1.14. The second-order valence-electron chi connectivity index (χ2n) is 4.62. The fourth-order valence-electron chi connectivity index (χ4n) is 2.36. The lowest BCUT2D eigenvalue weighted by Crippen LogP contribution is -2.19. The van der Waals surface area contributed by atoms with Gasteiger partial charge in [0.25, 0.3) is 0 Å². The maximum Gasteiger partial charge on any atom is 0.0317 e. The topological polar surface area (TPSA) is 12.0 Å². The Bertz CT molecular complexity index is 536. The highest BCUT2D eigenvalue weighted by Gasteiger charge is 2.09. The monoisotopic (exact) mass is 317 g/mol. The van der Waals surface area contributed by atoms with Crippen molar-refractivity contribution in [3.8, 4) is 11.1 Å². The fourth-order valence-corrected chi connectivity index (χ4v) is 2.88. The Morgan fingerprint density at radius 2 is 1.84 bits per heavy atom. The van der Waals surface area contributed by atoms with E-state index in [-0.39, 0.29) is 0 Å². The normalized spacial score (nSPS) is 12.4. The predicted molar refractivity (Wildman–Crippen MR) is 86.3 cm³/mol. The van der Waals surface area contributed by atoms with Gasteiger partial charge in [0.15, 0.2) is 0 Å². The molecule has 1 nitrogen and oxygen atoms in total. The van der Waals surface area contributed by atoms with Crippen LogP contribution < -0.4 is 5.32 Å². The maximum absolute atomic E-state index is 3.63. The van der Waals surface area contributed by atoms with Gasteiger partial charge in [-0.2, -0.15) is 0 Å². The molecule has 0 saturated carbocycles. The first-order chi connectivity index (χ1) is 9.26. The van der Waals surface area contributed by atoms with Crippen LogP contribution >= 0.6 is 15.9 Å². The molecule has 0 fully saturated rings. The minimum Gasteiger partial charge on any atom is -0.310 e. The van der Waals surface area contributed by atoms with Gasteiger partial charge in [-0.1, -0.05) is 66.2 Å². The Labute approximate surface area is 124 Å². The van der Waals surface area contributed by atoms with Crippen molar-refractivity contribution in [3.63, 3.8) is 0 Å². The molecular formula is C17H20BrN. The molecule has 2 heteroatoms. The zero-order valence-corrected chi connectivity index (χ0v) is 13.1. The van der Waals surface area contributed by atoms with Crippen molar-refractivity contribution >= 4 is 15.9 Å². The maximum atomic E-state index is 3.63. The summed E-state index contributed by atoms with van der Waals surface area (Å²) in [5.41, 5.74) is 3.87. The average Bonchev–Trinajstić information content (AvgIpc) is 2.45. The van der Waals surface area contributed by atoms with Crippen molar-refractivity contribution < 1.29 is 0 Å². The van der Waals surface area contributed by atoms with E-state index in [4.69, 9.17) is 0 Å². The number of benzene rings is 2. The molecule has 0 aliphatic rings. The van der Waals surface area contributed by atoms with Gasteiger partial charge in [-0.05, 0) is 41.8 Å². The van der Waals surface area contributed by atoms with E-state index in [1.54, 1.807) is 0 Å². The minimum absolute atomic E-state index is 0.437. The van der Waals surface area contributed by atoms with E-state index in [2.05, 4.69) is 77.6 Å². The quantitative estimate of drug-likeness (QED) is 0.801. The van der Waals surface area contributed by atoms with Gasteiger partial charge in [0.1, 0.15) is 0 Å². The SMILES string of the molecule is CCNC(CC)c1cccc(-c2ccccc2Br)c1. The van der Waals surface area contributed by atoms with Gasteiger partial charge in [0, 0.05) is 10.5 Å². The smallest absolute Gasteiger partial charge is 0.0317 e. The molecule has 0 bridgehead atoms. The first-order valence-corrected chi connectivity index (χ1v) is 7.63. The fraction of sp³-hybridized carbons (Fsp3) is 0.294. The molecule has 0 aliphatic heterocycles. The molecule has 0 spiro atoms. The molecule has 0 radical (unpaired) electrons. The van der Waals surface area contributed by atoms with E-state index in [0.717, 1.165) is 17.4 Å². The summed E-state index contributed by atoms with van der Waals surface area (Å²) in [7, 11) is 0. The molecule has 0 aromatic heterocycles. The zero-order chi connectivity index (χ0) is 13.7. The van der Waals surface area contributed by atoms with E-state index < -0.39 is 0 Å². The van der Waals surface area contributed by atoms with E-state index >= 15 is 0 Å². The zero-order valence-electron chi connectivity index (χ0n) is 11.5. The molecule has 1 N–H and O–H groups in total. The van der Waals surface area contributed by atoms with Gasteiger partial charge >= 0.3 is 0 Å². The van der Waals surface area contributed by atoms with Crippen LogP contribution in [0.2, 0.25) is 0 Å². The molecule has 1 unspecified atom stereocenters. The number of hydrogen-bond acceptors (Lipinski definition) is 1. The number of nitrogens with one attached hydrogen (secondary N) is 1. The molecule has 2 aromatic rings. The van der Waals surface area contributed by atoms with Crippen molar-refractivity contribution in [3.05, 3.63) is 58.6 Å². The van der Waals surface area contributed by atoms with Crippen LogP contribution in [0.5, 0.6) is 0 Å². The molecule has 0 saturated heterocycles. The van der Waals surface area contributed by atoms with Crippen LogP contribution in [-0.4, -0.2) is 6.54 Å². The van der Waals surface area contributed by atoms with Crippen molar-refractivity contribution in [2.75, 3.05) is 6.54 Å². The van der Waals surface area contributed by atoms with Crippen LogP contribution in [0.15, 0.2) is 53.0 Å².